The number of methoxy groups -OCH3 is 1. The molecular formula is C19H22ClNO6S. The van der Waals surface area contributed by atoms with Crippen LogP contribution in [-0.4, -0.2) is 47.9 Å². The van der Waals surface area contributed by atoms with Gasteiger partial charge in [0.2, 0.25) is 0 Å². The van der Waals surface area contributed by atoms with Crippen LogP contribution in [0.2, 0.25) is 5.02 Å². The number of ether oxygens (including phenoxy) is 3. The summed E-state index contributed by atoms with van der Waals surface area (Å²) >= 11 is 7.04. The summed E-state index contributed by atoms with van der Waals surface area (Å²) in [6.45, 7) is 6.68. The van der Waals surface area contributed by atoms with Gasteiger partial charge >= 0.3 is 5.97 Å². The molecule has 1 fully saturated rings. The zero-order valence-electron chi connectivity index (χ0n) is 16.3. The van der Waals surface area contributed by atoms with E-state index in [0.717, 1.165) is 16.7 Å². The molecule has 9 heteroatoms. The van der Waals surface area contributed by atoms with Crippen LogP contribution in [0.5, 0.6) is 11.5 Å². The number of esters is 1. The third-order valence-corrected chi connectivity index (χ3v) is 4.62. The zero-order valence-corrected chi connectivity index (χ0v) is 17.8. The Bertz CT molecular complexity index is 821. The summed E-state index contributed by atoms with van der Waals surface area (Å²) in [5.41, 5.74) is 0.563. The van der Waals surface area contributed by atoms with E-state index in [4.69, 9.17) is 25.8 Å². The molecule has 0 aromatic heterocycles. The van der Waals surface area contributed by atoms with Crippen LogP contribution in [-0.2, 0) is 14.3 Å². The summed E-state index contributed by atoms with van der Waals surface area (Å²) < 4.78 is 16.0. The molecule has 0 saturated carbocycles. The van der Waals surface area contributed by atoms with Gasteiger partial charge in [-0.1, -0.05) is 11.6 Å². The Morgan fingerprint density at radius 1 is 1.21 bits per heavy atom. The number of hydrogen-bond acceptors (Lipinski definition) is 7. The standard InChI is InChI=1S/C19H22ClNO6S/c1-10(2)26-16(22)9-21-18(23)15(28-19(21)24)8-12-6-13(20)17(27-11(3)4)14(7-12)25-5/h6-8,10-11H,9H2,1-5H3/b15-8+. The maximum absolute atomic E-state index is 12.5. The maximum Gasteiger partial charge on any atom is 0.326 e. The Labute approximate surface area is 172 Å². The highest BCUT2D eigenvalue weighted by molar-refractivity contribution is 8.18. The summed E-state index contributed by atoms with van der Waals surface area (Å²) in [7, 11) is 1.48. The number of carbonyl (C=O) groups excluding carboxylic acids is 3. The summed E-state index contributed by atoms with van der Waals surface area (Å²) in [6.07, 6.45) is 1.09. The number of halogens is 1. The van der Waals surface area contributed by atoms with Crippen LogP contribution in [0.1, 0.15) is 33.3 Å². The van der Waals surface area contributed by atoms with E-state index in [0.29, 0.717) is 22.1 Å². The number of imide groups is 1. The summed E-state index contributed by atoms with van der Waals surface area (Å²) in [5.74, 6) is -0.389. The zero-order chi connectivity index (χ0) is 21.0. The largest absolute Gasteiger partial charge is 0.493 e. The summed E-state index contributed by atoms with van der Waals surface area (Å²) in [4.78, 5) is 37.4. The fraction of sp³-hybridized carbons (Fsp3) is 0.421. The minimum Gasteiger partial charge on any atom is -0.493 e. The van der Waals surface area contributed by atoms with Gasteiger partial charge in [-0.3, -0.25) is 19.3 Å². The van der Waals surface area contributed by atoms with Gasteiger partial charge in [0.1, 0.15) is 6.54 Å². The first-order chi connectivity index (χ1) is 13.1. The van der Waals surface area contributed by atoms with Crippen molar-refractivity contribution < 1.29 is 28.6 Å². The number of thioether (sulfide) groups is 1. The van der Waals surface area contributed by atoms with Crippen LogP contribution in [0.4, 0.5) is 4.79 Å². The number of carbonyl (C=O) groups is 3. The average molecular weight is 428 g/mol. The molecule has 2 rings (SSSR count). The predicted octanol–water partition coefficient (Wildman–Crippen LogP) is 4.12. The Kier molecular flexibility index (Phi) is 7.37. The molecule has 0 atom stereocenters. The van der Waals surface area contributed by atoms with E-state index in [2.05, 4.69) is 0 Å². The minimum absolute atomic E-state index is 0.0978. The van der Waals surface area contributed by atoms with E-state index in [1.807, 2.05) is 13.8 Å². The molecule has 0 unspecified atom stereocenters. The average Bonchev–Trinajstić information content (AvgIpc) is 2.83. The van der Waals surface area contributed by atoms with Crippen molar-refractivity contribution in [2.75, 3.05) is 13.7 Å². The predicted molar refractivity (Wildman–Crippen MR) is 108 cm³/mol. The number of amides is 2. The highest BCUT2D eigenvalue weighted by atomic mass is 35.5. The monoisotopic (exact) mass is 427 g/mol. The van der Waals surface area contributed by atoms with Crippen LogP contribution in [0.15, 0.2) is 17.0 Å². The quantitative estimate of drug-likeness (QED) is 0.478. The van der Waals surface area contributed by atoms with E-state index in [9.17, 15) is 14.4 Å². The molecule has 0 spiro atoms. The highest BCUT2D eigenvalue weighted by Gasteiger charge is 2.36. The molecule has 2 amide bonds. The second kappa shape index (κ2) is 9.34. The van der Waals surface area contributed by atoms with Crippen LogP contribution < -0.4 is 9.47 Å². The second-order valence-corrected chi connectivity index (χ2v) is 7.91. The van der Waals surface area contributed by atoms with E-state index in [1.54, 1.807) is 26.0 Å². The first-order valence-electron chi connectivity index (χ1n) is 8.61. The number of benzene rings is 1. The Morgan fingerprint density at radius 2 is 1.89 bits per heavy atom. The maximum atomic E-state index is 12.5. The van der Waals surface area contributed by atoms with Crippen molar-refractivity contribution >= 4 is 46.6 Å². The minimum atomic E-state index is -0.640. The van der Waals surface area contributed by atoms with Gasteiger partial charge in [0.15, 0.2) is 11.5 Å². The van der Waals surface area contributed by atoms with Crippen molar-refractivity contribution in [2.45, 2.75) is 39.9 Å². The summed E-state index contributed by atoms with van der Waals surface area (Å²) in [6, 6.07) is 3.27. The van der Waals surface area contributed by atoms with Gasteiger partial charge in [-0.05, 0) is 63.2 Å². The van der Waals surface area contributed by atoms with Crippen LogP contribution in [0.3, 0.4) is 0 Å². The fourth-order valence-corrected chi connectivity index (χ4v) is 3.49. The van der Waals surface area contributed by atoms with E-state index in [1.165, 1.54) is 13.2 Å². The lowest BCUT2D eigenvalue weighted by atomic mass is 10.1. The Balaban J connectivity index is 2.26. The lowest BCUT2D eigenvalue weighted by Gasteiger charge is -2.15. The third kappa shape index (κ3) is 5.42. The molecule has 1 aliphatic rings. The van der Waals surface area contributed by atoms with Crippen molar-refractivity contribution in [2.24, 2.45) is 0 Å². The third-order valence-electron chi connectivity index (χ3n) is 3.43. The fourth-order valence-electron chi connectivity index (χ4n) is 2.39. The molecule has 0 radical (unpaired) electrons. The lowest BCUT2D eigenvalue weighted by Crippen LogP contribution is -2.35. The topological polar surface area (TPSA) is 82.1 Å². The molecule has 0 aliphatic carbocycles. The molecule has 0 bridgehead atoms. The second-order valence-electron chi connectivity index (χ2n) is 6.51. The van der Waals surface area contributed by atoms with Crippen molar-refractivity contribution in [1.82, 2.24) is 4.90 Å². The SMILES string of the molecule is COc1cc(/C=C2/SC(=O)N(CC(=O)OC(C)C)C2=O)cc(Cl)c1OC(C)C. The van der Waals surface area contributed by atoms with Gasteiger partial charge in [-0.15, -0.1) is 0 Å². The first kappa shape index (κ1) is 22.1. The molecule has 28 heavy (non-hydrogen) atoms. The van der Waals surface area contributed by atoms with E-state index < -0.39 is 23.7 Å². The van der Waals surface area contributed by atoms with Crippen molar-refractivity contribution in [3.8, 4) is 11.5 Å². The van der Waals surface area contributed by atoms with Crippen molar-refractivity contribution in [3.05, 3.63) is 27.6 Å². The highest BCUT2D eigenvalue weighted by Crippen LogP contribution is 2.39. The Hall–Kier alpha value is -2.19. The molecular weight excluding hydrogens is 406 g/mol. The first-order valence-corrected chi connectivity index (χ1v) is 9.80. The molecule has 0 N–H and O–H groups in total. The van der Waals surface area contributed by atoms with Crippen molar-refractivity contribution in [3.63, 3.8) is 0 Å². The number of nitrogens with zero attached hydrogens (tertiary/aromatic N) is 1. The molecule has 1 heterocycles. The van der Waals surface area contributed by atoms with Gasteiger partial charge in [-0.25, -0.2) is 0 Å². The number of rotatable bonds is 7. The van der Waals surface area contributed by atoms with Crippen molar-refractivity contribution in [1.29, 1.82) is 0 Å². The van der Waals surface area contributed by atoms with Gasteiger partial charge in [0.05, 0.1) is 29.2 Å². The number of hydrogen-bond donors (Lipinski definition) is 0. The lowest BCUT2D eigenvalue weighted by molar-refractivity contribution is -0.149. The molecule has 1 aromatic rings. The molecule has 1 aliphatic heterocycles. The summed E-state index contributed by atoms with van der Waals surface area (Å²) in [5, 5.41) is -0.214. The van der Waals surface area contributed by atoms with Crippen LogP contribution >= 0.6 is 23.4 Å². The molecule has 1 saturated heterocycles. The molecule has 1 aromatic carbocycles. The molecule has 7 nitrogen and oxygen atoms in total. The van der Waals surface area contributed by atoms with Crippen LogP contribution in [0.25, 0.3) is 6.08 Å². The van der Waals surface area contributed by atoms with E-state index >= 15 is 0 Å². The van der Waals surface area contributed by atoms with Gasteiger partial charge in [-0.2, -0.15) is 0 Å². The smallest absolute Gasteiger partial charge is 0.326 e. The molecule has 152 valence electrons. The van der Waals surface area contributed by atoms with Gasteiger partial charge in [0.25, 0.3) is 11.1 Å². The van der Waals surface area contributed by atoms with Gasteiger partial charge < -0.3 is 14.2 Å². The Morgan fingerprint density at radius 3 is 2.46 bits per heavy atom. The van der Waals surface area contributed by atoms with Crippen LogP contribution in [0, 0.1) is 0 Å². The normalized spacial score (nSPS) is 15.7. The van der Waals surface area contributed by atoms with Gasteiger partial charge in [0, 0.05) is 0 Å². The van der Waals surface area contributed by atoms with E-state index in [-0.39, 0.29) is 17.1 Å².